The van der Waals surface area contributed by atoms with Gasteiger partial charge in [0.05, 0.1) is 18.8 Å². The van der Waals surface area contributed by atoms with E-state index < -0.39 is 0 Å². The van der Waals surface area contributed by atoms with Gasteiger partial charge in [0.1, 0.15) is 17.6 Å². The lowest BCUT2D eigenvalue weighted by Gasteiger charge is -2.27. The SMILES string of the molecule is CCCOc1ccc(C2CNc3ccccc3O2)cc1. The van der Waals surface area contributed by atoms with Gasteiger partial charge in [-0.2, -0.15) is 0 Å². The Hall–Kier alpha value is -2.16. The van der Waals surface area contributed by atoms with Crippen molar-refractivity contribution in [1.29, 1.82) is 0 Å². The van der Waals surface area contributed by atoms with Gasteiger partial charge in [-0.15, -0.1) is 0 Å². The van der Waals surface area contributed by atoms with Crippen molar-refractivity contribution in [1.82, 2.24) is 0 Å². The van der Waals surface area contributed by atoms with Crippen LogP contribution in [0.15, 0.2) is 48.5 Å². The molecule has 1 aliphatic heterocycles. The van der Waals surface area contributed by atoms with Crippen LogP contribution in [-0.4, -0.2) is 13.2 Å². The fourth-order valence-electron chi connectivity index (χ4n) is 2.30. The number of hydrogen-bond acceptors (Lipinski definition) is 3. The van der Waals surface area contributed by atoms with Crippen molar-refractivity contribution in [2.75, 3.05) is 18.5 Å². The fraction of sp³-hybridized carbons (Fsp3) is 0.294. The van der Waals surface area contributed by atoms with E-state index in [1.165, 1.54) is 0 Å². The molecule has 1 N–H and O–H groups in total. The number of benzene rings is 2. The molecule has 3 nitrogen and oxygen atoms in total. The number of anilines is 1. The zero-order valence-electron chi connectivity index (χ0n) is 11.6. The third-order valence-electron chi connectivity index (χ3n) is 3.36. The lowest BCUT2D eigenvalue weighted by Crippen LogP contribution is -2.23. The van der Waals surface area contributed by atoms with Crippen molar-refractivity contribution in [2.45, 2.75) is 19.4 Å². The number of fused-ring (bicyclic) bond motifs is 1. The summed E-state index contributed by atoms with van der Waals surface area (Å²) in [5.41, 5.74) is 2.22. The molecule has 1 aliphatic rings. The molecule has 2 aromatic rings. The first kappa shape index (κ1) is 12.9. The van der Waals surface area contributed by atoms with Crippen molar-refractivity contribution >= 4 is 5.69 Å². The van der Waals surface area contributed by atoms with E-state index in [0.29, 0.717) is 0 Å². The molecule has 0 fully saturated rings. The highest BCUT2D eigenvalue weighted by molar-refractivity contribution is 5.58. The molecular weight excluding hydrogens is 250 g/mol. The van der Waals surface area contributed by atoms with Gasteiger partial charge in [-0.3, -0.25) is 0 Å². The van der Waals surface area contributed by atoms with Gasteiger partial charge in [0.2, 0.25) is 0 Å². The molecule has 0 spiro atoms. The molecule has 3 heteroatoms. The third-order valence-corrected chi connectivity index (χ3v) is 3.36. The maximum absolute atomic E-state index is 6.04. The van der Waals surface area contributed by atoms with Crippen molar-refractivity contribution in [3.63, 3.8) is 0 Å². The number of para-hydroxylation sites is 2. The van der Waals surface area contributed by atoms with E-state index in [9.17, 15) is 0 Å². The van der Waals surface area contributed by atoms with Crippen LogP contribution in [0.3, 0.4) is 0 Å². The Bertz CT molecular complexity index is 565. The maximum Gasteiger partial charge on any atom is 0.143 e. The highest BCUT2D eigenvalue weighted by Crippen LogP contribution is 2.34. The molecule has 1 atom stereocenters. The first-order chi connectivity index (χ1) is 9.86. The second-order valence-electron chi connectivity index (χ2n) is 4.90. The van der Waals surface area contributed by atoms with E-state index in [2.05, 4.69) is 24.4 Å². The van der Waals surface area contributed by atoms with Gasteiger partial charge in [0.15, 0.2) is 0 Å². The van der Waals surface area contributed by atoms with E-state index >= 15 is 0 Å². The minimum absolute atomic E-state index is 0.0464. The summed E-state index contributed by atoms with van der Waals surface area (Å²) < 4.78 is 11.6. The molecule has 104 valence electrons. The summed E-state index contributed by atoms with van der Waals surface area (Å²) in [6.45, 7) is 3.65. The van der Waals surface area contributed by atoms with Gasteiger partial charge >= 0.3 is 0 Å². The topological polar surface area (TPSA) is 30.5 Å². The number of hydrogen-bond donors (Lipinski definition) is 1. The average Bonchev–Trinajstić information content (AvgIpc) is 2.53. The predicted molar refractivity (Wildman–Crippen MR) is 80.5 cm³/mol. The lowest BCUT2D eigenvalue weighted by molar-refractivity contribution is 0.210. The molecule has 0 aliphatic carbocycles. The van der Waals surface area contributed by atoms with Crippen LogP contribution in [0.2, 0.25) is 0 Å². The Kier molecular flexibility index (Phi) is 3.77. The molecule has 3 rings (SSSR count). The van der Waals surface area contributed by atoms with Crippen LogP contribution in [0.1, 0.15) is 25.0 Å². The van der Waals surface area contributed by atoms with Gasteiger partial charge in [0.25, 0.3) is 0 Å². The Morgan fingerprint density at radius 2 is 1.95 bits per heavy atom. The van der Waals surface area contributed by atoms with Crippen molar-refractivity contribution < 1.29 is 9.47 Å². The first-order valence-electron chi connectivity index (χ1n) is 7.09. The number of rotatable bonds is 4. The number of nitrogens with one attached hydrogen (secondary N) is 1. The largest absolute Gasteiger partial charge is 0.494 e. The summed E-state index contributed by atoms with van der Waals surface area (Å²) in [7, 11) is 0. The van der Waals surface area contributed by atoms with E-state index in [1.54, 1.807) is 0 Å². The Morgan fingerprint density at radius 3 is 2.75 bits per heavy atom. The van der Waals surface area contributed by atoms with E-state index in [1.807, 2.05) is 36.4 Å². The average molecular weight is 269 g/mol. The second-order valence-corrected chi connectivity index (χ2v) is 4.90. The molecule has 20 heavy (non-hydrogen) atoms. The predicted octanol–water partition coefficient (Wildman–Crippen LogP) is 4.02. The van der Waals surface area contributed by atoms with E-state index in [4.69, 9.17) is 9.47 Å². The Morgan fingerprint density at radius 1 is 1.15 bits per heavy atom. The molecule has 0 saturated heterocycles. The first-order valence-corrected chi connectivity index (χ1v) is 7.09. The Labute approximate surface area is 119 Å². The van der Waals surface area contributed by atoms with Crippen molar-refractivity contribution in [2.24, 2.45) is 0 Å². The zero-order chi connectivity index (χ0) is 13.8. The van der Waals surface area contributed by atoms with Gasteiger partial charge < -0.3 is 14.8 Å². The molecule has 0 saturated carbocycles. The van der Waals surface area contributed by atoms with Crippen LogP contribution < -0.4 is 14.8 Å². The van der Waals surface area contributed by atoms with Gasteiger partial charge in [-0.05, 0) is 36.2 Å². The van der Waals surface area contributed by atoms with Crippen molar-refractivity contribution in [3.05, 3.63) is 54.1 Å². The van der Waals surface area contributed by atoms with Gasteiger partial charge in [0, 0.05) is 0 Å². The lowest BCUT2D eigenvalue weighted by atomic mass is 10.1. The van der Waals surface area contributed by atoms with E-state index in [0.717, 1.165) is 42.3 Å². The highest BCUT2D eigenvalue weighted by Gasteiger charge is 2.20. The van der Waals surface area contributed by atoms with Crippen LogP contribution in [0, 0.1) is 0 Å². The van der Waals surface area contributed by atoms with E-state index in [-0.39, 0.29) is 6.10 Å². The molecule has 0 bridgehead atoms. The summed E-state index contributed by atoms with van der Waals surface area (Å²) in [6, 6.07) is 16.2. The fourth-order valence-corrected chi connectivity index (χ4v) is 2.30. The zero-order valence-corrected chi connectivity index (χ0v) is 11.6. The highest BCUT2D eigenvalue weighted by atomic mass is 16.5. The Balaban J connectivity index is 1.71. The van der Waals surface area contributed by atoms with Crippen LogP contribution in [-0.2, 0) is 0 Å². The van der Waals surface area contributed by atoms with Crippen LogP contribution in [0.25, 0.3) is 0 Å². The summed E-state index contributed by atoms with van der Waals surface area (Å²) in [5.74, 6) is 1.83. The maximum atomic E-state index is 6.04. The quantitative estimate of drug-likeness (QED) is 0.909. The van der Waals surface area contributed by atoms with Crippen LogP contribution >= 0.6 is 0 Å². The molecule has 0 amide bonds. The smallest absolute Gasteiger partial charge is 0.143 e. The standard InChI is InChI=1S/C17H19NO2/c1-2-11-19-14-9-7-13(8-10-14)17-12-18-15-5-3-4-6-16(15)20-17/h3-10,17-18H,2,11-12H2,1H3. The summed E-state index contributed by atoms with van der Waals surface area (Å²) in [4.78, 5) is 0. The molecule has 0 aromatic heterocycles. The molecule has 1 heterocycles. The van der Waals surface area contributed by atoms with Crippen molar-refractivity contribution in [3.8, 4) is 11.5 Å². The molecule has 1 unspecified atom stereocenters. The normalized spacial score (nSPS) is 16.8. The van der Waals surface area contributed by atoms with Crippen LogP contribution in [0.5, 0.6) is 11.5 Å². The third kappa shape index (κ3) is 2.72. The van der Waals surface area contributed by atoms with Gasteiger partial charge in [-0.1, -0.05) is 31.2 Å². The minimum atomic E-state index is 0.0464. The summed E-state index contributed by atoms with van der Waals surface area (Å²) >= 11 is 0. The molecule has 2 aromatic carbocycles. The minimum Gasteiger partial charge on any atom is -0.494 e. The van der Waals surface area contributed by atoms with Gasteiger partial charge in [-0.25, -0.2) is 0 Å². The number of ether oxygens (including phenoxy) is 2. The summed E-state index contributed by atoms with van der Waals surface area (Å²) in [6.07, 6.45) is 1.07. The summed E-state index contributed by atoms with van der Waals surface area (Å²) in [5, 5.41) is 3.40. The molecular formula is C17H19NO2. The monoisotopic (exact) mass is 269 g/mol. The van der Waals surface area contributed by atoms with Crippen LogP contribution in [0.4, 0.5) is 5.69 Å². The second kappa shape index (κ2) is 5.87. The molecule has 0 radical (unpaired) electrons.